The topological polar surface area (TPSA) is 68.9 Å². The Morgan fingerprint density at radius 3 is 2.45 bits per heavy atom. The second-order valence-electron chi connectivity index (χ2n) is 8.95. The van der Waals surface area contributed by atoms with Crippen LogP contribution in [0.2, 0.25) is 10.0 Å². The molecule has 0 bridgehead atoms. The summed E-state index contributed by atoms with van der Waals surface area (Å²) in [4.78, 5) is 2.36. The Balaban J connectivity index is 1.66. The van der Waals surface area contributed by atoms with Crippen LogP contribution in [0, 0.1) is 11.4 Å². The van der Waals surface area contributed by atoms with Crippen LogP contribution < -0.4 is 0 Å². The van der Waals surface area contributed by atoms with Crippen molar-refractivity contribution in [3.8, 4) is 5.75 Å². The minimum atomic E-state index is -0.740. The van der Waals surface area contributed by atoms with Crippen molar-refractivity contribution in [3.05, 3.63) is 80.5 Å². The minimum absolute atomic E-state index is 0.0816. The van der Waals surface area contributed by atoms with Gasteiger partial charge in [0.2, 0.25) is 6.23 Å². The largest absolute Gasteiger partial charge is 0.508 e. The molecule has 0 aliphatic carbocycles. The number of halogens is 2. The molecule has 174 valence electrons. The molecule has 0 spiro atoms. The zero-order chi connectivity index (χ0) is 23.5. The number of phenols is 1. The van der Waals surface area contributed by atoms with Gasteiger partial charge in [-0.25, -0.2) is 5.53 Å². The first-order chi connectivity index (χ1) is 15.9. The summed E-state index contributed by atoms with van der Waals surface area (Å²) >= 11 is 13.1. The van der Waals surface area contributed by atoms with Gasteiger partial charge in [-0.1, -0.05) is 55.2 Å². The highest BCUT2D eigenvalue weighted by Crippen LogP contribution is 2.41. The number of hydrogen-bond acceptors (Lipinski definition) is 5. The molecule has 2 N–H and O–H groups in total. The van der Waals surface area contributed by atoms with Gasteiger partial charge in [-0.15, -0.1) is 5.11 Å². The van der Waals surface area contributed by atoms with Crippen molar-refractivity contribution in [1.29, 1.82) is 5.53 Å². The highest BCUT2D eigenvalue weighted by Gasteiger charge is 2.29. The first kappa shape index (κ1) is 23.8. The molecular formula is C26H29Cl2N3O2. The van der Waals surface area contributed by atoms with Gasteiger partial charge in [0.15, 0.2) is 0 Å². The van der Waals surface area contributed by atoms with Crippen LogP contribution >= 0.6 is 23.2 Å². The third kappa shape index (κ3) is 5.26. The zero-order valence-corrected chi connectivity index (χ0v) is 20.5. The van der Waals surface area contributed by atoms with E-state index in [1.807, 2.05) is 38.1 Å². The maximum atomic E-state index is 10.6. The van der Waals surface area contributed by atoms with Crippen LogP contribution in [-0.4, -0.2) is 29.3 Å². The van der Waals surface area contributed by atoms with E-state index in [-0.39, 0.29) is 5.92 Å². The molecule has 1 unspecified atom stereocenters. The van der Waals surface area contributed by atoms with E-state index in [2.05, 4.69) is 10.0 Å². The van der Waals surface area contributed by atoms with E-state index in [0.717, 1.165) is 47.5 Å². The van der Waals surface area contributed by atoms with Gasteiger partial charge in [-0.3, -0.25) is 4.90 Å². The third-order valence-corrected chi connectivity index (χ3v) is 6.87. The van der Waals surface area contributed by atoms with E-state index in [4.69, 9.17) is 33.5 Å². The van der Waals surface area contributed by atoms with Gasteiger partial charge in [-0.05, 0) is 67.3 Å². The summed E-state index contributed by atoms with van der Waals surface area (Å²) < 4.78 is 6.10. The standard InChI is InChI=1S/C26H29Cl2N3O2/c1-16(2)24-20(25-21(27)6-5-7-22(25)28)14-19(33-26(24)30-29)12-17-8-9-18(23(32)13-17)15-31-10-3-4-11-31/h5-9,13-14,16,26,29,32H,3-4,10-12,15H2,1-2H3. The van der Waals surface area contributed by atoms with Crippen LogP contribution in [0.3, 0.4) is 0 Å². The van der Waals surface area contributed by atoms with Crippen LogP contribution in [0.25, 0.3) is 5.57 Å². The summed E-state index contributed by atoms with van der Waals surface area (Å²) in [7, 11) is 0. The summed E-state index contributed by atoms with van der Waals surface area (Å²) in [6.45, 7) is 7.01. The van der Waals surface area contributed by atoms with E-state index in [1.165, 1.54) is 12.8 Å². The van der Waals surface area contributed by atoms with E-state index >= 15 is 0 Å². The first-order valence-electron chi connectivity index (χ1n) is 11.3. The fraction of sp³-hybridized carbons (Fsp3) is 0.385. The highest BCUT2D eigenvalue weighted by molar-refractivity contribution is 6.37. The number of likely N-dealkylation sites (tertiary alicyclic amines) is 1. The molecule has 2 aliphatic heterocycles. The molecule has 1 saturated heterocycles. The van der Waals surface area contributed by atoms with Crippen LogP contribution in [0.1, 0.15) is 43.4 Å². The lowest BCUT2D eigenvalue weighted by Crippen LogP contribution is -2.22. The quantitative estimate of drug-likeness (QED) is 0.406. The Morgan fingerprint density at radius 2 is 1.85 bits per heavy atom. The van der Waals surface area contributed by atoms with Crippen molar-refractivity contribution in [3.63, 3.8) is 0 Å². The minimum Gasteiger partial charge on any atom is -0.508 e. The van der Waals surface area contributed by atoms with Gasteiger partial charge in [0.25, 0.3) is 0 Å². The molecule has 1 atom stereocenters. The predicted octanol–water partition coefficient (Wildman–Crippen LogP) is 7.22. The predicted molar refractivity (Wildman–Crippen MR) is 133 cm³/mol. The van der Waals surface area contributed by atoms with Gasteiger partial charge in [0.1, 0.15) is 11.5 Å². The van der Waals surface area contributed by atoms with E-state index in [9.17, 15) is 5.11 Å². The number of hydrogen-bond donors (Lipinski definition) is 2. The molecule has 7 heteroatoms. The number of aromatic hydroxyl groups is 1. The fourth-order valence-corrected chi connectivity index (χ4v) is 5.21. The van der Waals surface area contributed by atoms with Crippen LogP contribution in [0.5, 0.6) is 5.75 Å². The van der Waals surface area contributed by atoms with Crippen LogP contribution in [0.4, 0.5) is 0 Å². The molecule has 2 aromatic rings. The van der Waals surface area contributed by atoms with Gasteiger partial charge in [0.05, 0.1) is 0 Å². The van der Waals surface area contributed by atoms with Crippen LogP contribution in [0.15, 0.2) is 58.9 Å². The summed E-state index contributed by atoms with van der Waals surface area (Å²) in [6.07, 6.45) is 4.10. The second kappa shape index (κ2) is 10.3. The molecule has 4 rings (SSSR count). The lowest BCUT2D eigenvalue weighted by atomic mass is 9.88. The Labute approximate surface area is 205 Å². The molecule has 1 fully saturated rings. The monoisotopic (exact) mass is 485 g/mol. The molecule has 0 saturated carbocycles. The Hall–Kier alpha value is -2.34. The van der Waals surface area contributed by atoms with Gasteiger partial charge in [0, 0.05) is 39.7 Å². The lowest BCUT2D eigenvalue weighted by molar-refractivity contribution is 0.128. The molecule has 2 heterocycles. The normalized spacial score (nSPS) is 19.1. The maximum absolute atomic E-state index is 10.6. The molecule has 2 aromatic carbocycles. The SMILES string of the molecule is CC(C)C1=C(c2c(Cl)cccc2Cl)C=C(Cc2ccc(CN3CCCC3)c(O)c2)OC1N=N. The smallest absolute Gasteiger partial charge is 0.230 e. The molecule has 0 amide bonds. The maximum Gasteiger partial charge on any atom is 0.230 e. The van der Waals surface area contributed by atoms with Crippen molar-refractivity contribution in [2.75, 3.05) is 13.1 Å². The number of rotatable bonds is 7. The van der Waals surface area contributed by atoms with Gasteiger partial charge < -0.3 is 9.84 Å². The van der Waals surface area contributed by atoms with E-state index in [1.54, 1.807) is 18.2 Å². The molecule has 5 nitrogen and oxygen atoms in total. The van der Waals surface area contributed by atoms with Crippen molar-refractivity contribution in [2.24, 2.45) is 11.0 Å². The summed E-state index contributed by atoms with van der Waals surface area (Å²) in [5.41, 5.74) is 12.0. The lowest BCUT2D eigenvalue weighted by Gasteiger charge is -2.29. The number of benzene rings is 2. The Bertz CT molecular complexity index is 1080. The molecular weight excluding hydrogens is 457 g/mol. The van der Waals surface area contributed by atoms with Gasteiger partial charge >= 0.3 is 0 Å². The van der Waals surface area contributed by atoms with Crippen molar-refractivity contribution in [2.45, 2.75) is 45.9 Å². The van der Waals surface area contributed by atoms with E-state index < -0.39 is 6.23 Å². The number of ether oxygens (including phenoxy) is 1. The summed E-state index contributed by atoms with van der Waals surface area (Å²) in [5, 5.41) is 15.5. The van der Waals surface area contributed by atoms with Crippen LogP contribution in [-0.2, 0) is 17.7 Å². The number of nitrogens with one attached hydrogen (secondary N) is 1. The average Bonchev–Trinajstić information content (AvgIpc) is 3.28. The average molecular weight is 486 g/mol. The molecule has 33 heavy (non-hydrogen) atoms. The molecule has 0 aromatic heterocycles. The summed E-state index contributed by atoms with van der Waals surface area (Å²) in [5.74, 6) is 1.03. The summed E-state index contributed by atoms with van der Waals surface area (Å²) in [6, 6.07) is 11.2. The Kier molecular flexibility index (Phi) is 7.42. The fourth-order valence-electron chi connectivity index (χ4n) is 4.61. The molecule has 0 radical (unpaired) electrons. The number of allylic oxidation sites excluding steroid dienone is 3. The second-order valence-corrected chi connectivity index (χ2v) is 9.77. The third-order valence-electron chi connectivity index (χ3n) is 6.24. The number of nitrogens with zero attached hydrogens (tertiary/aromatic N) is 2. The van der Waals surface area contributed by atoms with Gasteiger partial charge in [-0.2, -0.15) is 0 Å². The van der Waals surface area contributed by atoms with E-state index in [0.29, 0.717) is 28.0 Å². The van der Waals surface area contributed by atoms with Crippen molar-refractivity contribution < 1.29 is 9.84 Å². The first-order valence-corrected chi connectivity index (χ1v) is 12.1. The molecule has 2 aliphatic rings. The zero-order valence-electron chi connectivity index (χ0n) is 18.9. The Morgan fingerprint density at radius 1 is 1.15 bits per heavy atom. The van der Waals surface area contributed by atoms with Crippen molar-refractivity contribution in [1.82, 2.24) is 4.90 Å². The number of phenolic OH excluding ortho intramolecular Hbond substituents is 1. The van der Waals surface area contributed by atoms with Crippen molar-refractivity contribution >= 4 is 28.8 Å². The highest BCUT2D eigenvalue weighted by atomic mass is 35.5.